The largest absolute Gasteiger partial charge is 0.336 e. The molecule has 0 aliphatic carbocycles. The molecule has 1 fully saturated rings. The third-order valence-electron chi connectivity index (χ3n) is 4.18. The first-order valence-corrected chi connectivity index (χ1v) is 8.28. The van der Waals surface area contributed by atoms with E-state index in [1.807, 2.05) is 4.90 Å². The molecule has 136 valence electrons. The van der Waals surface area contributed by atoms with Crippen LogP contribution in [0.25, 0.3) is 0 Å². The summed E-state index contributed by atoms with van der Waals surface area (Å²) < 4.78 is 13.1. The Morgan fingerprint density at radius 3 is 2.58 bits per heavy atom. The highest BCUT2D eigenvalue weighted by Gasteiger charge is 2.24. The third-order valence-corrected chi connectivity index (χ3v) is 4.18. The van der Waals surface area contributed by atoms with Gasteiger partial charge in [-0.1, -0.05) is 6.07 Å². The predicted octanol–water partition coefficient (Wildman–Crippen LogP) is 0.910. The predicted molar refractivity (Wildman–Crippen MR) is 94.4 cm³/mol. The number of carbonyl (C=O) groups excluding carboxylic acids is 2. The molecule has 2 aromatic rings. The normalized spacial score (nSPS) is 14.9. The number of nitrogens with zero attached hydrogens (tertiary/aromatic N) is 2. The van der Waals surface area contributed by atoms with Crippen molar-refractivity contribution in [1.29, 1.82) is 0 Å². The van der Waals surface area contributed by atoms with Gasteiger partial charge in [0.1, 0.15) is 11.4 Å². The monoisotopic (exact) mass is 358 g/mol. The second-order valence-corrected chi connectivity index (χ2v) is 6.04. The minimum atomic E-state index is -0.411. The molecule has 0 spiro atoms. The number of aromatic amines is 1. The van der Waals surface area contributed by atoms with Crippen LogP contribution in [0.15, 0.2) is 47.4 Å². The van der Waals surface area contributed by atoms with E-state index in [1.165, 1.54) is 30.5 Å². The van der Waals surface area contributed by atoms with Gasteiger partial charge in [-0.3, -0.25) is 19.3 Å². The third kappa shape index (κ3) is 4.34. The van der Waals surface area contributed by atoms with E-state index in [9.17, 15) is 18.8 Å². The molecule has 26 heavy (non-hydrogen) atoms. The van der Waals surface area contributed by atoms with E-state index in [4.69, 9.17) is 0 Å². The lowest BCUT2D eigenvalue weighted by Gasteiger charge is -2.34. The van der Waals surface area contributed by atoms with Crippen LogP contribution in [0.5, 0.6) is 0 Å². The molecule has 0 unspecified atom stereocenters. The molecule has 1 aliphatic rings. The summed E-state index contributed by atoms with van der Waals surface area (Å²) in [5.74, 6) is -0.962. The lowest BCUT2D eigenvalue weighted by atomic mass is 10.2. The van der Waals surface area contributed by atoms with Gasteiger partial charge in [0.2, 0.25) is 5.91 Å². The number of hydrogen-bond donors (Lipinski definition) is 2. The van der Waals surface area contributed by atoms with Crippen molar-refractivity contribution in [2.24, 2.45) is 0 Å². The molecule has 8 heteroatoms. The fourth-order valence-electron chi connectivity index (χ4n) is 2.84. The van der Waals surface area contributed by atoms with Crippen LogP contribution in [0.1, 0.15) is 10.4 Å². The van der Waals surface area contributed by atoms with E-state index in [0.29, 0.717) is 31.9 Å². The van der Waals surface area contributed by atoms with Gasteiger partial charge in [0.05, 0.1) is 6.54 Å². The van der Waals surface area contributed by atoms with Crippen LogP contribution in [0, 0.1) is 5.82 Å². The van der Waals surface area contributed by atoms with Crippen molar-refractivity contribution in [3.63, 3.8) is 0 Å². The summed E-state index contributed by atoms with van der Waals surface area (Å²) in [5, 5.41) is 2.65. The van der Waals surface area contributed by atoms with E-state index >= 15 is 0 Å². The van der Waals surface area contributed by atoms with Crippen molar-refractivity contribution in [1.82, 2.24) is 14.8 Å². The molecule has 1 saturated heterocycles. The second-order valence-electron chi connectivity index (χ2n) is 6.04. The highest BCUT2D eigenvalue weighted by molar-refractivity contribution is 5.94. The van der Waals surface area contributed by atoms with E-state index in [-0.39, 0.29) is 23.9 Å². The van der Waals surface area contributed by atoms with Crippen molar-refractivity contribution in [3.8, 4) is 0 Å². The zero-order valence-corrected chi connectivity index (χ0v) is 14.1. The van der Waals surface area contributed by atoms with Crippen LogP contribution in [0.2, 0.25) is 0 Å². The fraction of sp³-hybridized carbons (Fsp3) is 0.278. The number of benzene rings is 1. The van der Waals surface area contributed by atoms with Gasteiger partial charge in [0.15, 0.2) is 0 Å². The molecule has 0 radical (unpaired) electrons. The maximum absolute atomic E-state index is 13.1. The first-order chi connectivity index (χ1) is 12.5. The Kier molecular flexibility index (Phi) is 5.43. The summed E-state index contributed by atoms with van der Waals surface area (Å²) in [4.78, 5) is 42.2. The van der Waals surface area contributed by atoms with E-state index < -0.39 is 11.4 Å². The van der Waals surface area contributed by atoms with Gasteiger partial charge in [-0.15, -0.1) is 0 Å². The maximum atomic E-state index is 13.1. The number of aromatic nitrogens is 1. The average Bonchev–Trinajstić information content (AvgIpc) is 2.62. The molecular formula is C18H19FN4O3. The van der Waals surface area contributed by atoms with Crippen LogP contribution >= 0.6 is 0 Å². The molecule has 2 heterocycles. The summed E-state index contributed by atoms with van der Waals surface area (Å²) in [7, 11) is 0. The number of anilines is 1. The minimum Gasteiger partial charge on any atom is -0.336 e. The van der Waals surface area contributed by atoms with Crippen molar-refractivity contribution in [2.45, 2.75) is 0 Å². The molecule has 1 aliphatic heterocycles. The molecule has 0 atom stereocenters. The Balaban J connectivity index is 1.51. The Bertz CT molecular complexity index is 859. The van der Waals surface area contributed by atoms with E-state index in [0.717, 1.165) is 0 Å². The van der Waals surface area contributed by atoms with Gasteiger partial charge in [-0.05, 0) is 30.3 Å². The topological polar surface area (TPSA) is 85.5 Å². The summed E-state index contributed by atoms with van der Waals surface area (Å²) in [5.41, 5.74) is 0.117. The molecule has 3 rings (SSSR count). The van der Waals surface area contributed by atoms with Gasteiger partial charge in [-0.25, -0.2) is 4.39 Å². The van der Waals surface area contributed by atoms with E-state index in [2.05, 4.69) is 10.3 Å². The number of hydrogen-bond acceptors (Lipinski definition) is 4. The van der Waals surface area contributed by atoms with Crippen molar-refractivity contribution < 1.29 is 14.0 Å². The summed E-state index contributed by atoms with van der Waals surface area (Å²) in [6, 6.07) is 8.83. The zero-order chi connectivity index (χ0) is 18.5. The Labute approximate surface area is 149 Å². The summed E-state index contributed by atoms with van der Waals surface area (Å²) in [6.07, 6.45) is 1.48. The van der Waals surface area contributed by atoms with Gasteiger partial charge >= 0.3 is 0 Å². The molecule has 7 nitrogen and oxygen atoms in total. The van der Waals surface area contributed by atoms with Gasteiger partial charge in [-0.2, -0.15) is 0 Å². The fourth-order valence-corrected chi connectivity index (χ4v) is 2.84. The maximum Gasteiger partial charge on any atom is 0.260 e. The van der Waals surface area contributed by atoms with Crippen LogP contribution in [-0.4, -0.2) is 59.3 Å². The number of H-pyrrole nitrogens is 1. The molecule has 2 amide bonds. The minimum absolute atomic E-state index is 0.116. The SMILES string of the molecule is O=C(CN1CCN(C(=O)c2ccc[nH]c2=O)CC1)Nc1cccc(F)c1. The Morgan fingerprint density at radius 1 is 1.12 bits per heavy atom. The molecule has 0 saturated carbocycles. The smallest absolute Gasteiger partial charge is 0.260 e. The number of halogens is 1. The molecule has 1 aromatic heterocycles. The highest BCUT2D eigenvalue weighted by atomic mass is 19.1. The quantitative estimate of drug-likeness (QED) is 0.851. The summed E-state index contributed by atoms with van der Waals surface area (Å²) in [6.45, 7) is 2.06. The number of amides is 2. The summed E-state index contributed by atoms with van der Waals surface area (Å²) >= 11 is 0. The lowest BCUT2D eigenvalue weighted by molar-refractivity contribution is -0.117. The van der Waals surface area contributed by atoms with Crippen molar-refractivity contribution in [3.05, 3.63) is 64.3 Å². The first kappa shape index (κ1) is 17.8. The standard InChI is InChI=1S/C18H19FN4O3/c19-13-3-1-4-14(11-13)21-16(24)12-22-7-9-23(10-8-22)18(26)15-5-2-6-20-17(15)25/h1-6,11H,7-10,12H2,(H,20,25)(H,21,24). The van der Waals surface area contributed by atoms with Gasteiger partial charge < -0.3 is 15.2 Å². The number of nitrogens with one attached hydrogen (secondary N) is 2. The Hall–Kier alpha value is -3.00. The second kappa shape index (κ2) is 7.92. The first-order valence-electron chi connectivity index (χ1n) is 8.28. The molecular weight excluding hydrogens is 339 g/mol. The highest BCUT2D eigenvalue weighted by Crippen LogP contribution is 2.10. The molecule has 0 bridgehead atoms. The van der Waals surface area contributed by atoms with Crippen LogP contribution < -0.4 is 10.9 Å². The van der Waals surface area contributed by atoms with Crippen LogP contribution in [-0.2, 0) is 4.79 Å². The number of rotatable bonds is 4. The van der Waals surface area contributed by atoms with Crippen molar-refractivity contribution >= 4 is 17.5 Å². The number of piperazine rings is 1. The van der Waals surface area contributed by atoms with Crippen LogP contribution in [0.3, 0.4) is 0 Å². The molecule has 2 N–H and O–H groups in total. The number of carbonyl (C=O) groups is 2. The van der Waals surface area contributed by atoms with Gasteiger partial charge in [0, 0.05) is 38.1 Å². The molecule has 1 aromatic carbocycles. The lowest BCUT2D eigenvalue weighted by Crippen LogP contribution is -2.51. The van der Waals surface area contributed by atoms with Crippen molar-refractivity contribution in [2.75, 3.05) is 38.0 Å². The Morgan fingerprint density at radius 2 is 1.88 bits per heavy atom. The number of pyridine rings is 1. The van der Waals surface area contributed by atoms with Crippen LogP contribution in [0.4, 0.5) is 10.1 Å². The zero-order valence-electron chi connectivity index (χ0n) is 14.1. The van der Waals surface area contributed by atoms with E-state index in [1.54, 1.807) is 17.0 Å². The average molecular weight is 358 g/mol. The van der Waals surface area contributed by atoms with Gasteiger partial charge in [0.25, 0.3) is 11.5 Å².